The smallest absolute Gasteiger partial charge is 0.253 e. The minimum Gasteiger partial charge on any atom is -0.398 e. The van der Waals surface area contributed by atoms with Crippen molar-refractivity contribution in [3.05, 3.63) is 28.8 Å². The van der Waals surface area contributed by atoms with Crippen molar-refractivity contribution >= 4 is 23.2 Å². The van der Waals surface area contributed by atoms with Gasteiger partial charge in [0.2, 0.25) is 0 Å². The zero-order chi connectivity index (χ0) is 14.5. The van der Waals surface area contributed by atoms with Crippen LogP contribution in [0.25, 0.3) is 0 Å². The summed E-state index contributed by atoms with van der Waals surface area (Å²) in [5.41, 5.74) is 6.74. The minimum absolute atomic E-state index is 0.00306. The first kappa shape index (κ1) is 15.1. The van der Waals surface area contributed by atoms with E-state index in [4.69, 9.17) is 22.1 Å². The molecule has 1 amide bonds. The number of nitrogens with zero attached hydrogens (tertiary/aromatic N) is 1. The van der Waals surface area contributed by atoms with Crippen molar-refractivity contribution in [3.8, 4) is 0 Å². The van der Waals surface area contributed by atoms with Gasteiger partial charge in [0, 0.05) is 25.3 Å². The van der Waals surface area contributed by atoms with E-state index in [1.165, 1.54) is 0 Å². The van der Waals surface area contributed by atoms with E-state index in [9.17, 15) is 4.79 Å². The number of nitrogens with two attached hydrogens (primary N) is 1. The van der Waals surface area contributed by atoms with Gasteiger partial charge < -0.3 is 15.4 Å². The number of hydrogen-bond acceptors (Lipinski definition) is 3. The Morgan fingerprint density at radius 2 is 2.35 bits per heavy atom. The second kappa shape index (κ2) is 6.95. The topological polar surface area (TPSA) is 55.6 Å². The lowest BCUT2D eigenvalue weighted by atomic mass is 10.1. The molecule has 110 valence electrons. The maximum Gasteiger partial charge on any atom is 0.253 e. The molecule has 1 aliphatic rings. The normalized spacial score (nSPS) is 19.1. The monoisotopic (exact) mass is 296 g/mol. The van der Waals surface area contributed by atoms with Crippen LogP contribution in [0.4, 0.5) is 5.69 Å². The van der Waals surface area contributed by atoms with Crippen LogP contribution in [0, 0.1) is 0 Å². The van der Waals surface area contributed by atoms with Crippen LogP contribution in [0.15, 0.2) is 18.2 Å². The first-order valence-electron chi connectivity index (χ1n) is 7.07. The number of nitrogen functional groups attached to an aromatic ring is 1. The Labute approximate surface area is 124 Å². The van der Waals surface area contributed by atoms with Gasteiger partial charge in [0.1, 0.15) is 0 Å². The predicted molar refractivity (Wildman–Crippen MR) is 81.0 cm³/mol. The highest BCUT2D eigenvalue weighted by molar-refractivity contribution is 6.33. The number of carbonyl (C=O) groups is 1. The van der Waals surface area contributed by atoms with E-state index in [-0.39, 0.29) is 12.0 Å². The van der Waals surface area contributed by atoms with E-state index in [0.29, 0.717) is 22.8 Å². The largest absolute Gasteiger partial charge is 0.398 e. The molecule has 5 heteroatoms. The number of carbonyl (C=O) groups excluding carboxylic acids is 1. The average molecular weight is 297 g/mol. The molecule has 1 unspecified atom stereocenters. The highest BCUT2D eigenvalue weighted by Gasteiger charge is 2.25. The van der Waals surface area contributed by atoms with Gasteiger partial charge in [0.15, 0.2) is 0 Å². The average Bonchev–Trinajstić information content (AvgIpc) is 2.47. The molecule has 20 heavy (non-hydrogen) atoms. The molecular weight excluding hydrogens is 276 g/mol. The predicted octanol–water partition coefficient (Wildman–Crippen LogP) is 2.95. The summed E-state index contributed by atoms with van der Waals surface area (Å²) in [5, 5.41) is 0.423. The van der Waals surface area contributed by atoms with Crippen molar-refractivity contribution in [3.63, 3.8) is 0 Å². The van der Waals surface area contributed by atoms with Crippen molar-refractivity contribution in [2.24, 2.45) is 0 Å². The summed E-state index contributed by atoms with van der Waals surface area (Å²) in [6, 6.07) is 5.03. The number of likely N-dealkylation sites (tertiary alicyclic amines) is 1. The molecule has 1 aromatic rings. The van der Waals surface area contributed by atoms with Gasteiger partial charge >= 0.3 is 0 Å². The van der Waals surface area contributed by atoms with Crippen LogP contribution in [0.5, 0.6) is 0 Å². The fourth-order valence-electron chi connectivity index (χ4n) is 2.39. The Hall–Kier alpha value is -1.26. The molecule has 0 saturated carbocycles. The Morgan fingerprint density at radius 3 is 3.05 bits per heavy atom. The number of hydrogen-bond donors (Lipinski definition) is 1. The molecule has 0 bridgehead atoms. The molecule has 1 fully saturated rings. The van der Waals surface area contributed by atoms with E-state index in [1.807, 2.05) is 4.90 Å². The first-order chi connectivity index (χ1) is 9.61. The Balaban J connectivity index is 2.02. The van der Waals surface area contributed by atoms with E-state index < -0.39 is 0 Å². The molecule has 2 N–H and O–H groups in total. The Morgan fingerprint density at radius 1 is 1.55 bits per heavy atom. The van der Waals surface area contributed by atoms with Crippen molar-refractivity contribution in [2.75, 3.05) is 25.4 Å². The zero-order valence-electron chi connectivity index (χ0n) is 11.8. The van der Waals surface area contributed by atoms with Crippen LogP contribution < -0.4 is 5.73 Å². The SMILES string of the molecule is CCCOC1CCCN(C(=O)c2ccc(N)c(Cl)c2)C1. The van der Waals surface area contributed by atoms with E-state index in [2.05, 4.69) is 6.92 Å². The summed E-state index contributed by atoms with van der Waals surface area (Å²) < 4.78 is 5.75. The van der Waals surface area contributed by atoms with E-state index in [1.54, 1.807) is 18.2 Å². The lowest BCUT2D eigenvalue weighted by Crippen LogP contribution is -2.43. The fraction of sp³-hybridized carbons (Fsp3) is 0.533. The van der Waals surface area contributed by atoms with Crippen LogP contribution >= 0.6 is 11.6 Å². The molecule has 0 aromatic heterocycles. The molecule has 1 aliphatic heterocycles. The van der Waals surface area contributed by atoms with Crippen molar-refractivity contribution in [1.29, 1.82) is 0 Å². The molecule has 1 saturated heterocycles. The lowest BCUT2D eigenvalue weighted by Gasteiger charge is -2.32. The van der Waals surface area contributed by atoms with Gasteiger partial charge in [-0.05, 0) is 37.5 Å². The molecular formula is C15H21ClN2O2. The van der Waals surface area contributed by atoms with Crippen molar-refractivity contribution in [1.82, 2.24) is 4.90 Å². The van der Waals surface area contributed by atoms with Crippen LogP contribution in [0.2, 0.25) is 5.02 Å². The lowest BCUT2D eigenvalue weighted by molar-refractivity contribution is 0.00211. The number of halogens is 1. The quantitative estimate of drug-likeness (QED) is 0.869. The number of amides is 1. The van der Waals surface area contributed by atoms with Gasteiger partial charge in [0.25, 0.3) is 5.91 Å². The third-order valence-electron chi connectivity index (χ3n) is 3.47. The van der Waals surface area contributed by atoms with E-state index >= 15 is 0 Å². The van der Waals surface area contributed by atoms with Gasteiger partial charge in [-0.2, -0.15) is 0 Å². The maximum absolute atomic E-state index is 12.5. The van der Waals surface area contributed by atoms with Crippen molar-refractivity contribution < 1.29 is 9.53 Å². The van der Waals surface area contributed by atoms with Gasteiger partial charge in [-0.15, -0.1) is 0 Å². The van der Waals surface area contributed by atoms with Gasteiger partial charge in [-0.25, -0.2) is 0 Å². The van der Waals surface area contributed by atoms with Crippen LogP contribution in [0.1, 0.15) is 36.5 Å². The number of rotatable bonds is 4. The number of piperidine rings is 1. The van der Waals surface area contributed by atoms with Gasteiger partial charge in [-0.3, -0.25) is 4.79 Å². The Kier molecular flexibility index (Phi) is 5.26. The summed E-state index contributed by atoms with van der Waals surface area (Å²) >= 11 is 5.97. The number of ether oxygens (including phenoxy) is 1. The molecule has 0 radical (unpaired) electrons. The fourth-order valence-corrected chi connectivity index (χ4v) is 2.57. The molecule has 4 nitrogen and oxygen atoms in total. The zero-order valence-corrected chi connectivity index (χ0v) is 12.5. The molecule has 1 aromatic carbocycles. The molecule has 1 atom stereocenters. The Bertz CT molecular complexity index is 479. The first-order valence-corrected chi connectivity index (χ1v) is 7.45. The summed E-state index contributed by atoms with van der Waals surface area (Å²) in [6.45, 7) is 4.26. The van der Waals surface area contributed by atoms with E-state index in [0.717, 1.165) is 32.4 Å². The highest BCUT2D eigenvalue weighted by atomic mass is 35.5. The van der Waals surface area contributed by atoms with Crippen molar-refractivity contribution in [2.45, 2.75) is 32.3 Å². The molecule has 1 heterocycles. The number of benzene rings is 1. The second-order valence-corrected chi connectivity index (χ2v) is 5.53. The van der Waals surface area contributed by atoms with Gasteiger partial charge in [-0.1, -0.05) is 18.5 Å². The molecule has 0 spiro atoms. The highest BCUT2D eigenvalue weighted by Crippen LogP contribution is 2.22. The standard InChI is InChI=1S/C15H21ClN2O2/c1-2-8-20-12-4-3-7-18(10-12)15(19)11-5-6-14(17)13(16)9-11/h5-6,9,12H,2-4,7-8,10,17H2,1H3. The second-order valence-electron chi connectivity index (χ2n) is 5.12. The third-order valence-corrected chi connectivity index (χ3v) is 3.80. The summed E-state index contributed by atoms with van der Waals surface area (Å²) in [7, 11) is 0. The third kappa shape index (κ3) is 3.64. The minimum atomic E-state index is -0.00306. The number of anilines is 1. The van der Waals surface area contributed by atoms with Crippen LogP contribution in [0.3, 0.4) is 0 Å². The summed E-state index contributed by atoms with van der Waals surface area (Å²) in [4.78, 5) is 14.3. The van der Waals surface area contributed by atoms with Gasteiger partial charge in [0.05, 0.1) is 16.8 Å². The molecule has 0 aliphatic carbocycles. The summed E-state index contributed by atoms with van der Waals surface area (Å²) in [6.07, 6.45) is 3.14. The van der Waals surface area contributed by atoms with Crippen LogP contribution in [-0.2, 0) is 4.74 Å². The van der Waals surface area contributed by atoms with Crippen LogP contribution in [-0.4, -0.2) is 36.6 Å². The maximum atomic E-state index is 12.5. The summed E-state index contributed by atoms with van der Waals surface area (Å²) in [5.74, 6) is -0.00306. The molecule has 2 rings (SSSR count).